The predicted octanol–water partition coefficient (Wildman–Crippen LogP) is 2.37. The Labute approximate surface area is 136 Å². The third kappa shape index (κ3) is 2.16. The van der Waals surface area contributed by atoms with Crippen molar-refractivity contribution in [2.75, 3.05) is 7.11 Å². The molecule has 4 aromatic rings. The first-order valence-electron chi connectivity index (χ1n) is 7.49. The molecule has 0 aliphatic carbocycles. The second kappa shape index (κ2) is 5.50. The molecule has 0 unspecified atom stereocenters. The summed E-state index contributed by atoms with van der Waals surface area (Å²) in [6.45, 7) is -0.0426. The van der Waals surface area contributed by atoms with E-state index in [0.717, 1.165) is 33.4 Å². The van der Waals surface area contributed by atoms with Crippen molar-refractivity contribution in [2.24, 2.45) is 0 Å². The van der Waals surface area contributed by atoms with Crippen LogP contribution in [0.25, 0.3) is 27.5 Å². The van der Waals surface area contributed by atoms with Gasteiger partial charge in [-0.2, -0.15) is 0 Å². The fourth-order valence-corrected chi connectivity index (χ4v) is 2.82. The van der Waals surface area contributed by atoms with Crippen molar-refractivity contribution in [1.82, 2.24) is 14.8 Å². The van der Waals surface area contributed by atoms with E-state index in [4.69, 9.17) is 4.74 Å². The maximum atomic E-state index is 12.7. The number of methoxy groups -OCH3 is 1. The third-order valence-corrected chi connectivity index (χ3v) is 4.10. The van der Waals surface area contributed by atoms with Crippen molar-refractivity contribution in [1.29, 1.82) is 0 Å². The van der Waals surface area contributed by atoms with E-state index < -0.39 is 0 Å². The molecule has 0 saturated heterocycles. The molecule has 0 bridgehead atoms. The summed E-state index contributed by atoms with van der Waals surface area (Å²) in [6, 6.07) is 12.7. The molecule has 2 aromatic carbocycles. The molecule has 0 amide bonds. The number of aromatic amines is 1. The van der Waals surface area contributed by atoms with Crippen LogP contribution < -0.4 is 10.3 Å². The van der Waals surface area contributed by atoms with Gasteiger partial charge in [-0.05, 0) is 35.9 Å². The zero-order chi connectivity index (χ0) is 16.7. The largest absolute Gasteiger partial charge is 0.497 e. The molecule has 0 atom stereocenters. The number of aromatic nitrogens is 3. The van der Waals surface area contributed by atoms with E-state index in [9.17, 15) is 9.90 Å². The topological polar surface area (TPSA) is 80.1 Å². The molecular formula is C18H15N3O3. The quantitative estimate of drug-likeness (QED) is 0.607. The van der Waals surface area contributed by atoms with E-state index in [1.165, 1.54) is 4.68 Å². The van der Waals surface area contributed by atoms with Gasteiger partial charge in [0.1, 0.15) is 5.75 Å². The highest BCUT2D eigenvalue weighted by molar-refractivity contribution is 6.02. The summed E-state index contributed by atoms with van der Waals surface area (Å²) in [5, 5.41) is 13.8. The molecule has 2 heterocycles. The van der Waals surface area contributed by atoms with E-state index >= 15 is 0 Å². The first-order valence-corrected chi connectivity index (χ1v) is 7.49. The highest BCUT2D eigenvalue weighted by Crippen LogP contribution is 2.22. The molecule has 6 heteroatoms. The maximum absolute atomic E-state index is 12.7. The van der Waals surface area contributed by atoms with Crippen molar-refractivity contribution >= 4 is 21.8 Å². The van der Waals surface area contributed by atoms with Crippen LogP contribution in [0.5, 0.6) is 5.75 Å². The van der Waals surface area contributed by atoms with E-state index in [2.05, 4.69) is 10.1 Å². The summed E-state index contributed by atoms with van der Waals surface area (Å²) < 4.78 is 6.64. The molecule has 0 aliphatic heterocycles. The summed E-state index contributed by atoms with van der Waals surface area (Å²) >= 11 is 0. The molecule has 120 valence electrons. The van der Waals surface area contributed by atoms with Crippen molar-refractivity contribution in [3.63, 3.8) is 0 Å². The number of nitrogens with zero attached hydrogens (tertiary/aromatic N) is 2. The van der Waals surface area contributed by atoms with Crippen molar-refractivity contribution < 1.29 is 9.84 Å². The van der Waals surface area contributed by atoms with Gasteiger partial charge in [-0.15, -0.1) is 0 Å². The van der Waals surface area contributed by atoms with Gasteiger partial charge < -0.3 is 9.84 Å². The number of fused-ring (bicyclic) bond motifs is 3. The number of H-pyrrole nitrogens is 1. The van der Waals surface area contributed by atoms with E-state index in [1.807, 2.05) is 30.3 Å². The Bertz CT molecular complexity index is 1090. The van der Waals surface area contributed by atoms with Crippen molar-refractivity contribution in [2.45, 2.75) is 6.61 Å². The molecule has 0 radical (unpaired) electrons. The van der Waals surface area contributed by atoms with Gasteiger partial charge in [-0.3, -0.25) is 14.9 Å². The van der Waals surface area contributed by atoms with Crippen molar-refractivity contribution in [3.8, 4) is 11.4 Å². The first-order chi connectivity index (χ1) is 11.7. The number of rotatable bonds is 3. The molecule has 2 aromatic heterocycles. The number of benzene rings is 2. The number of pyridine rings is 1. The van der Waals surface area contributed by atoms with Crippen LogP contribution in [0.15, 0.2) is 53.5 Å². The Morgan fingerprint density at radius 3 is 2.67 bits per heavy atom. The van der Waals surface area contributed by atoms with Crippen LogP contribution >= 0.6 is 0 Å². The first kappa shape index (κ1) is 14.5. The SMILES string of the molecule is COc1ccc(-n2[nH]c3c(cnc4cc(CO)ccc43)c2=O)cc1. The van der Waals surface area contributed by atoms with Gasteiger partial charge in [0.25, 0.3) is 5.56 Å². The second-order valence-electron chi connectivity index (χ2n) is 5.51. The standard InChI is InChI=1S/C18H15N3O3/c1-24-13-5-3-12(4-6-13)21-18(23)15-9-19-16-8-11(10-22)2-7-14(16)17(15)20-21/h2-9,20,22H,10H2,1H3. The van der Waals surface area contributed by atoms with Crippen LogP contribution in [-0.2, 0) is 6.61 Å². The fourth-order valence-electron chi connectivity index (χ4n) is 2.82. The van der Waals surface area contributed by atoms with Crippen LogP contribution in [0.4, 0.5) is 0 Å². The minimum Gasteiger partial charge on any atom is -0.497 e. The van der Waals surface area contributed by atoms with Gasteiger partial charge in [-0.25, -0.2) is 4.68 Å². The Balaban J connectivity index is 1.95. The summed E-state index contributed by atoms with van der Waals surface area (Å²) in [6.07, 6.45) is 1.57. The molecular weight excluding hydrogens is 306 g/mol. The zero-order valence-electron chi connectivity index (χ0n) is 13.0. The minimum atomic E-state index is -0.157. The Morgan fingerprint density at radius 2 is 1.96 bits per heavy atom. The molecule has 2 N–H and O–H groups in total. The normalized spacial score (nSPS) is 11.2. The average Bonchev–Trinajstić information content (AvgIpc) is 2.98. The van der Waals surface area contributed by atoms with Crippen LogP contribution in [-0.4, -0.2) is 27.0 Å². The number of hydrogen-bond donors (Lipinski definition) is 2. The monoisotopic (exact) mass is 321 g/mol. The van der Waals surface area contributed by atoms with Gasteiger partial charge in [0.05, 0.1) is 35.8 Å². The highest BCUT2D eigenvalue weighted by Gasteiger charge is 2.12. The molecule has 0 fully saturated rings. The summed E-state index contributed by atoms with van der Waals surface area (Å²) in [4.78, 5) is 17.0. The summed E-state index contributed by atoms with van der Waals surface area (Å²) in [5.41, 5.74) is 2.81. The lowest BCUT2D eigenvalue weighted by molar-refractivity contribution is 0.282. The van der Waals surface area contributed by atoms with Crippen molar-refractivity contribution in [3.05, 3.63) is 64.6 Å². The lowest BCUT2D eigenvalue weighted by atomic mass is 10.1. The van der Waals surface area contributed by atoms with Gasteiger partial charge in [0, 0.05) is 11.6 Å². The third-order valence-electron chi connectivity index (χ3n) is 4.10. The number of ether oxygens (including phenoxy) is 1. The molecule has 0 saturated carbocycles. The zero-order valence-corrected chi connectivity index (χ0v) is 13.0. The van der Waals surface area contributed by atoms with Crippen LogP contribution in [0, 0.1) is 0 Å². The van der Waals surface area contributed by atoms with Crippen LogP contribution in [0.1, 0.15) is 5.56 Å². The number of aliphatic hydroxyl groups excluding tert-OH is 1. The van der Waals surface area contributed by atoms with Gasteiger partial charge in [-0.1, -0.05) is 12.1 Å². The fraction of sp³-hybridized carbons (Fsp3) is 0.111. The number of hydrogen-bond acceptors (Lipinski definition) is 4. The summed E-state index contributed by atoms with van der Waals surface area (Å²) in [7, 11) is 1.60. The Morgan fingerprint density at radius 1 is 1.17 bits per heavy atom. The van der Waals surface area contributed by atoms with E-state index in [1.54, 1.807) is 25.4 Å². The highest BCUT2D eigenvalue weighted by atomic mass is 16.5. The molecule has 24 heavy (non-hydrogen) atoms. The minimum absolute atomic E-state index is 0.0426. The molecule has 4 rings (SSSR count). The Kier molecular flexibility index (Phi) is 3.32. The van der Waals surface area contributed by atoms with E-state index in [0.29, 0.717) is 5.39 Å². The molecule has 6 nitrogen and oxygen atoms in total. The molecule has 0 aliphatic rings. The van der Waals surface area contributed by atoms with Crippen LogP contribution in [0.2, 0.25) is 0 Å². The van der Waals surface area contributed by atoms with Gasteiger partial charge in [0.15, 0.2) is 0 Å². The second-order valence-corrected chi connectivity index (χ2v) is 5.51. The van der Waals surface area contributed by atoms with Gasteiger partial charge >= 0.3 is 0 Å². The average molecular weight is 321 g/mol. The molecule has 0 spiro atoms. The lowest BCUT2D eigenvalue weighted by Crippen LogP contribution is -2.14. The predicted molar refractivity (Wildman–Crippen MR) is 91.7 cm³/mol. The van der Waals surface area contributed by atoms with Crippen LogP contribution in [0.3, 0.4) is 0 Å². The lowest BCUT2D eigenvalue weighted by Gasteiger charge is -2.03. The van der Waals surface area contributed by atoms with Gasteiger partial charge in [0.2, 0.25) is 0 Å². The summed E-state index contributed by atoms with van der Waals surface area (Å²) in [5.74, 6) is 0.728. The number of aliphatic hydroxyl groups is 1. The Hall–Kier alpha value is -3.12. The smallest absolute Gasteiger partial charge is 0.280 e. The van der Waals surface area contributed by atoms with E-state index in [-0.39, 0.29) is 12.2 Å². The number of nitrogens with one attached hydrogen (secondary N) is 1. The maximum Gasteiger partial charge on any atom is 0.280 e.